The van der Waals surface area contributed by atoms with Gasteiger partial charge in [0.15, 0.2) is 0 Å². The summed E-state index contributed by atoms with van der Waals surface area (Å²) >= 11 is 4.88. The molecule has 82 valence electrons. The van der Waals surface area contributed by atoms with E-state index in [0.717, 1.165) is 32.6 Å². The molecule has 0 bridgehead atoms. The van der Waals surface area contributed by atoms with Gasteiger partial charge in [0.1, 0.15) is 0 Å². The molecular formula is C10H21N3S. The van der Waals surface area contributed by atoms with Crippen LogP contribution in [0.4, 0.5) is 0 Å². The molecule has 3 nitrogen and oxygen atoms in total. The third-order valence-electron chi connectivity index (χ3n) is 2.93. The van der Waals surface area contributed by atoms with E-state index in [1.54, 1.807) is 0 Å². The molecule has 1 unspecified atom stereocenters. The summed E-state index contributed by atoms with van der Waals surface area (Å²) in [4.78, 5) is 5.60. The molecule has 0 saturated carbocycles. The first kappa shape index (κ1) is 11.9. The highest BCUT2D eigenvalue weighted by atomic mass is 32.1. The second-order valence-electron chi connectivity index (χ2n) is 3.99. The lowest BCUT2D eigenvalue weighted by atomic mass is 10.2. The number of likely N-dealkylation sites (N-methyl/N-ethyl adjacent to an activating group) is 1. The summed E-state index contributed by atoms with van der Waals surface area (Å²) in [5.74, 6) is 0. The number of nitrogens with zero attached hydrogens (tertiary/aromatic N) is 2. The molecule has 0 aromatic carbocycles. The van der Waals surface area contributed by atoms with Crippen LogP contribution in [0, 0.1) is 0 Å². The lowest BCUT2D eigenvalue weighted by Crippen LogP contribution is -2.51. The normalized spacial score (nSPS) is 25.1. The standard InChI is InChI=1S/C10H21N3S/c1-3-13-7-6-12(8-9(13)2)5-4-10(11)14/h9H,3-8H2,1-2H3,(H2,11,14). The summed E-state index contributed by atoms with van der Waals surface area (Å²) in [5.41, 5.74) is 5.49. The van der Waals surface area contributed by atoms with Gasteiger partial charge in [0.25, 0.3) is 0 Å². The van der Waals surface area contributed by atoms with Crippen molar-refractivity contribution in [3.05, 3.63) is 0 Å². The third kappa shape index (κ3) is 3.52. The predicted molar refractivity (Wildman–Crippen MR) is 64.6 cm³/mol. The van der Waals surface area contributed by atoms with Crippen molar-refractivity contribution < 1.29 is 0 Å². The van der Waals surface area contributed by atoms with Crippen molar-refractivity contribution in [2.45, 2.75) is 26.3 Å². The Kier molecular flexibility index (Phi) is 4.78. The van der Waals surface area contributed by atoms with Gasteiger partial charge in [-0.3, -0.25) is 4.90 Å². The molecule has 0 amide bonds. The molecule has 14 heavy (non-hydrogen) atoms. The summed E-state index contributed by atoms with van der Waals surface area (Å²) in [5, 5.41) is 0. The molecule has 1 rings (SSSR count). The molecule has 1 saturated heterocycles. The largest absolute Gasteiger partial charge is 0.393 e. The van der Waals surface area contributed by atoms with Gasteiger partial charge in [-0.15, -0.1) is 0 Å². The Labute approximate surface area is 92.2 Å². The first-order valence-corrected chi connectivity index (χ1v) is 5.79. The first-order chi connectivity index (χ1) is 6.63. The van der Waals surface area contributed by atoms with Crippen molar-refractivity contribution in [1.82, 2.24) is 9.80 Å². The van der Waals surface area contributed by atoms with E-state index in [2.05, 4.69) is 23.6 Å². The Morgan fingerprint density at radius 3 is 2.71 bits per heavy atom. The Bertz CT molecular complexity index is 196. The average molecular weight is 215 g/mol. The van der Waals surface area contributed by atoms with Crippen LogP contribution in [0.15, 0.2) is 0 Å². The fourth-order valence-electron chi connectivity index (χ4n) is 2.01. The third-order valence-corrected chi connectivity index (χ3v) is 3.13. The van der Waals surface area contributed by atoms with Gasteiger partial charge in [0, 0.05) is 38.6 Å². The zero-order chi connectivity index (χ0) is 10.6. The molecule has 1 heterocycles. The highest BCUT2D eigenvalue weighted by Crippen LogP contribution is 2.08. The minimum absolute atomic E-state index is 0.635. The molecule has 0 radical (unpaired) electrons. The van der Waals surface area contributed by atoms with Crippen molar-refractivity contribution in [3.8, 4) is 0 Å². The van der Waals surface area contributed by atoms with E-state index in [1.807, 2.05) is 0 Å². The van der Waals surface area contributed by atoms with E-state index in [9.17, 15) is 0 Å². The van der Waals surface area contributed by atoms with Crippen molar-refractivity contribution in [2.75, 3.05) is 32.7 Å². The summed E-state index contributed by atoms with van der Waals surface area (Å²) < 4.78 is 0. The minimum atomic E-state index is 0.635. The predicted octanol–water partition coefficient (Wildman–Crippen LogP) is 0.689. The quantitative estimate of drug-likeness (QED) is 0.699. The van der Waals surface area contributed by atoms with Gasteiger partial charge in [0.2, 0.25) is 0 Å². The molecule has 1 fully saturated rings. The second kappa shape index (κ2) is 5.63. The van der Waals surface area contributed by atoms with Gasteiger partial charge in [0.05, 0.1) is 4.99 Å². The summed E-state index contributed by atoms with van der Waals surface area (Å²) in [6.07, 6.45) is 0.855. The van der Waals surface area contributed by atoms with Crippen molar-refractivity contribution in [2.24, 2.45) is 5.73 Å². The van der Waals surface area contributed by atoms with E-state index < -0.39 is 0 Å². The van der Waals surface area contributed by atoms with Crippen LogP contribution in [0.5, 0.6) is 0 Å². The van der Waals surface area contributed by atoms with Crippen molar-refractivity contribution in [3.63, 3.8) is 0 Å². The summed E-state index contributed by atoms with van der Waals surface area (Å²) in [7, 11) is 0. The van der Waals surface area contributed by atoms with Crippen LogP contribution in [-0.2, 0) is 0 Å². The van der Waals surface area contributed by atoms with Crippen molar-refractivity contribution >= 4 is 17.2 Å². The van der Waals surface area contributed by atoms with E-state index in [1.165, 1.54) is 6.54 Å². The van der Waals surface area contributed by atoms with Crippen LogP contribution < -0.4 is 5.73 Å². The number of hydrogen-bond acceptors (Lipinski definition) is 3. The van der Waals surface area contributed by atoms with Crippen LogP contribution in [0.25, 0.3) is 0 Å². The lowest BCUT2D eigenvalue weighted by molar-refractivity contribution is 0.0901. The topological polar surface area (TPSA) is 32.5 Å². The number of nitrogens with two attached hydrogens (primary N) is 1. The smallest absolute Gasteiger partial charge is 0.0740 e. The highest BCUT2D eigenvalue weighted by Gasteiger charge is 2.21. The maximum atomic E-state index is 5.49. The van der Waals surface area contributed by atoms with Gasteiger partial charge in [-0.1, -0.05) is 19.1 Å². The van der Waals surface area contributed by atoms with Crippen LogP contribution in [-0.4, -0.2) is 53.6 Å². The fourth-order valence-corrected chi connectivity index (χ4v) is 2.10. The maximum absolute atomic E-state index is 5.49. The molecule has 0 spiro atoms. The summed E-state index contributed by atoms with van der Waals surface area (Å²) in [6, 6.07) is 0.667. The number of rotatable bonds is 4. The Morgan fingerprint density at radius 1 is 1.50 bits per heavy atom. The monoisotopic (exact) mass is 215 g/mol. The second-order valence-corrected chi connectivity index (χ2v) is 4.52. The van der Waals surface area contributed by atoms with Gasteiger partial charge < -0.3 is 10.6 Å². The highest BCUT2D eigenvalue weighted by molar-refractivity contribution is 7.80. The molecular weight excluding hydrogens is 194 g/mol. The maximum Gasteiger partial charge on any atom is 0.0740 e. The molecule has 0 aromatic heterocycles. The van der Waals surface area contributed by atoms with E-state index >= 15 is 0 Å². The number of thiocarbonyl (C=S) groups is 1. The van der Waals surface area contributed by atoms with Crippen LogP contribution in [0.1, 0.15) is 20.3 Å². The molecule has 1 aliphatic rings. The summed E-state index contributed by atoms with van der Waals surface area (Å²) in [6.45, 7) is 10.2. The first-order valence-electron chi connectivity index (χ1n) is 5.38. The minimum Gasteiger partial charge on any atom is -0.393 e. The van der Waals surface area contributed by atoms with E-state index in [4.69, 9.17) is 18.0 Å². The van der Waals surface area contributed by atoms with Crippen LogP contribution >= 0.6 is 12.2 Å². The van der Waals surface area contributed by atoms with Gasteiger partial charge in [-0.2, -0.15) is 0 Å². The average Bonchev–Trinajstić information content (AvgIpc) is 2.15. The Morgan fingerprint density at radius 2 is 2.21 bits per heavy atom. The zero-order valence-corrected chi connectivity index (χ0v) is 10.0. The molecule has 2 N–H and O–H groups in total. The van der Waals surface area contributed by atoms with Gasteiger partial charge >= 0.3 is 0 Å². The Hall–Kier alpha value is -0.190. The van der Waals surface area contributed by atoms with Crippen molar-refractivity contribution in [1.29, 1.82) is 0 Å². The van der Waals surface area contributed by atoms with E-state index in [0.29, 0.717) is 11.0 Å². The molecule has 1 aliphatic heterocycles. The zero-order valence-electron chi connectivity index (χ0n) is 9.20. The Balaban J connectivity index is 2.27. The van der Waals surface area contributed by atoms with Crippen LogP contribution in [0.3, 0.4) is 0 Å². The van der Waals surface area contributed by atoms with Crippen LogP contribution in [0.2, 0.25) is 0 Å². The fraction of sp³-hybridized carbons (Fsp3) is 0.900. The number of hydrogen-bond donors (Lipinski definition) is 1. The SMILES string of the molecule is CCN1CCN(CCC(N)=S)CC1C. The molecule has 0 aromatic rings. The number of piperazine rings is 1. The molecule has 4 heteroatoms. The molecule has 0 aliphatic carbocycles. The van der Waals surface area contributed by atoms with Gasteiger partial charge in [-0.05, 0) is 13.5 Å². The lowest BCUT2D eigenvalue weighted by Gasteiger charge is -2.39. The molecule has 1 atom stereocenters. The van der Waals surface area contributed by atoms with Gasteiger partial charge in [-0.25, -0.2) is 0 Å². The van der Waals surface area contributed by atoms with E-state index in [-0.39, 0.29) is 0 Å².